The first-order valence-corrected chi connectivity index (χ1v) is 3.48. The van der Waals surface area contributed by atoms with Gasteiger partial charge in [-0.1, -0.05) is 42.8 Å². The van der Waals surface area contributed by atoms with E-state index in [-0.39, 0.29) is 18.9 Å². The maximum Gasteiger partial charge on any atom is 1.00 e. The van der Waals surface area contributed by atoms with E-state index in [4.69, 9.17) is 0 Å². The first kappa shape index (κ1) is 10.8. The van der Waals surface area contributed by atoms with Crippen molar-refractivity contribution in [3.05, 3.63) is 41.2 Å². The monoisotopic (exact) mass is 141 g/mol. The van der Waals surface area contributed by atoms with Crippen molar-refractivity contribution in [2.24, 2.45) is 0 Å². The van der Waals surface area contributed by atoms with E-state index in [9.17, 15) is 0 Å². The smallest absolute Gasteiger partial charge is 0.659 e. The van der Waals surface area contributed by atoms with Crippen molar-refractivity contribution in [2.45, 2.75) is 13.0 Å². The molecule has 1 nitrogen and oxygen atoms in total. The normalized spacial score (nSPS) is 11.8. The van der Waals surface area contributed by atoms with Gasteiger partial charge in [0.15, 0.2) is 0 Å². The molecule has 11 heavy (non-hydrogen) atoms. The van der Waals surface area contributed by atoms with Gasteiger partial charge in [-0.3, -0.25) is 0 Å². The van der Waals surface area contributed by atoms with Crippen molar-refractivity contribution in [3.8, 4) is 0 Å². The van der Waals surface area contributed by atoms with Crippen molar-refractivity contribution in [2.75, 3.05) is 7.05 Å². The van der Waals surface area contributed by atoms with Gasteiger partial charge in [-0.25, -0.2) is 0 Å². The van der Waals surface area contributed by atoms with E-state index in [0.29, 0.717) is 6.04 Å². The minimum Gasteiger partial charge on any atom is -0.659 e. The van der Waals surface area contributed by atoms with Gasteiger partial charge in [0.25, 0.3) is 0 Å². The van der Waals surface area contributed by atoms with Crippen molar-refractivity contribution in [1.29, 1.82) is 0 Å². The molecule has 1 aromatic carbocycles. The quantitative estimate of drug-likeness (QED) is 0.504. The first-order chi connectivity index (χ1) is 4.84. The summed E-state index contributed by atoms with van der Waals surface area (Å²) in [6.07, 6.45) is 0. The second kappa shape index (κ2) is 5.43. The molecule has 0 spiro atoms. The Hall–Kier alpha value is -0.223. The summed E-state index contributed by atoms with van der Waals surface area (Å²) in [5, 5.41) is 4.16. The Morgan fingerprint density at radius 1 is 1.18 bits per heavy atom. The van der Waals surface area contributed by atoms with Crippen molar-refractivity contribution in [1.82, 2.24) is 0 Å². The number of hydrogen-bond donors (Lipinski definition) is 0. The Balaban J connectivity index is 0.000001000. The fourth-order valence-corrected chi connectivity index (χ4v) is 0.881. The van der Waals surface area contributed by atoms with Crippen LogP contribution in [0.25, 0.3) is 5.32 Å². The minimum atomic E-state index is 0. The Morgan fingerprint density at radius 3 is 2.18 bits per heavy atom. The van der Waals surface area contributed by atoms with Crippen LogP contribution in [-0.4, -0.2) is 7.05 Å². The molecule has 0 aliphatic heterocycles. The van der Waals surface area contributed by atoms with E-state index >= 15 is 0 Å². The summed E-state index contributed by atoms with van der Waals surface area (Å²) in [5.74, 6) is 0. The molecule has 0 aliphatic carbocycles. The third kappa shape index (κ3) is 3.12. The summed E-state index contributed by atoms with van der Waals surface area (Å²) in [5.41, 5.74) is 1.28. The number of hydrogen-bond acceptors (Lipinski definition) is 0. The van der Waals surface area contributed by atoms with Crippen LogP contribution in [-0.2, 0) is 0 Å². The van der Waals surface area contributed by atoms with E-state index in [1.165, 1.54) is 5.56 Å². The van der Waals surface area contributed by atoms with E-state index in [1.54, 1.807) is 0 Å². The van der Waals surface area contributed by atoms with Gasteiger partial charge in [0, 0.05) is 0 Å². The molecule has 54 valence electrons. The number of rotatable bonds is 2. The molecule has 1 rings (SSSR count). The second-order valence-electron chi connectivity index (χ2n) is 2.34. The van der Waals surface area contributed by atoms with Crippen LogP contribution in [0, 0.1) is 0 Å². The van der Waals surface area contributed by atoms with E-state index in [1.807, 2.05) is 25.2 Å². The van der Waals surface area contributed by atoms with Crippen LogP contribution in [0.2, 0.25) is 0 Å². The van der Waals surface area contributed by atoms with Crippen molar-refractivity contribution < 1.29 is 18.9 Å². The van der Waals surface area contributed by atoms with Crippen LogP contribution >= 0.6 is 0 Å². The van der Waals surface area contributed by atoms with Crippen molar-refractivity contribution >= 4 is 0 Å². The zero-order valence-corrected chi connectivity index (χ0v) is 7.41. The minimum absolute atomic E-state index is 0. The molecule has 0 fully saturated rings. The maximum atomic E-state index is 4.16. The Labute approximate surface area is 80.4 Å². The van der Waals surface area contributed by atoms with E-state index in [2.05, 4.69) is 24.4 Å². The van der Waals surface area contributed by atoms with Crippen LogP contribution in [0.5, 0.6) is 0 Å². The molecule has 0 aromatic heterocycles. The zero-order valence-electron chi connectivity index (χ0n) is 7.41. The van der Waals surface area contributed by atoms with Gasteiger partial charge in [0.1, 0.15) is 0 Å². The fourth-order valence-electron chi connectivity index (χ4n) is 0.881. The predicted octanol–water partition coefficient (Wildman–Crippen LogP) is -0.245. The van der Waals surface area contributed by atoms with Crippen LogP contribution in [0.4, 0.5) is 0 Å². The zero-order chi connectivity index (χ0) is 7.40. The molecular weight excluding hydrogens is 129 g/mol. The van der Waals surface area contributed by atoms with Crippen LogP contribution in [0.15, 0.2) is 30.3 Å². The molecule has 0 N–H and O–H groups in total. The van der Waals surface area contributed by atoms with Gasteiger partial charge in [-0.15, -0.1) is 6.04 Å². The average molecular weight is 141 g/mol. The summed E-state index contributed by atoms with van der Waals surface area (Å²) in [6.45, 7) is 2.09. The largest absolute Gasteiger partial charge is 1.00 e. The summed E-state index contributed by atoms with van der Waals surface area (Å²) in [7, 11) is 1.84. The molecule has 1 aromatic rings. The van der Waals surface area contributed by atoms with Gasteiger partial charge in [-0.2, -0.15) is 7.05 Å². The molecule has 0 heterocycles. The standard InChI is InChI=1S/C9H12N.Li/c1-8(10-2)9-6-4-3-5-7-9;/h3-8H,1-2H3;/q-1;+1/t8-;/m1./s1. The SMILES string of the molecule is C[N-][C@H](C)c1ccccc1.[Li+]. The fraction of sp³-hybridized carbons (Fsp3) is 0.333. The third-order valence-corrected chi connectivity index (χ3v) is 1.67. The molecule has 1 atom stereocenters. The maximum absolute atomic E-state index is 4.16. The predicted molar refractivity (Wildman–Crippen MR) is 44.1 cm³/mol. The molecule has 0 aliphatic rings. The van der Waals surface area contributed by atoms with Gasteiger partial charge < -0.3 is 5.32 Å². The van der Waals surface area contributed by atoms with Crippen LogP contribution in [0.3, 0.4) is 0 Å². The van der Waals surface area contributed by atoms with Gasteiger partial charge in [-0.05, 0) is 0 Å². The Morgan fingerprint density at radius 2 is 1.73 bits per heavy atom. The molecule has 0 radical (unpaired) electrons. The van der Waals surface area contributed by atoms with Crippen LogP contribution in [0.1, 0.15) is 18.5 Å². The molecule has 0 amide bonds. The molecule has 2 heteroatoms. The van der Waals surface area contributed by atoms with Gasteiger partial charge in [0.2, 0.25) is 0 Å². The molecule has 0 bridgehead atoms. The van der Waals surface area contributed by atoms with Crippen molar-refractivity contribution in [3.63, 3.8) is 0 Å². The Kier molecular flexibility index (Phi) is 5.32. The molecular formula is C9H12LiN. The molecule has 0 saturated carbocycles. The van der Waals surface area contributed by atoms with E-state index < -0.39 is 0 Å². The first-order valence-electron chi connectivity index (χ1n) is 3.48. The Bertz CT molecular complexity index is 186. The number of benzene rings is 1. The average Bonchev–Trinajstić information content (AvgIpc) is 2.05. The van der Waals surface area contributed by atoms with Gasteiger partial charge in [0.05, 0.1) is 0 Å². The van der Waals surface area contributed by atoms with Gasteiger partial charge >= 0.3 is 18.9 Å². The topological polar surface area (TPSA) is 14.1 Å². The summed E-state index contributed by atoms with van der Waals surface area (Å²) in [4.78, 5) is 0. The third-order valence-electron chi connectivity index (χ3n) is 1.67. The summed E-state index contributed by atoms with van der Waals surface area (Å²) < 4.78 is 0. The van der Waals surface area contributed by atoms with E-state index in [0.717, 1.165) is 0 Å². The summed E-state index contributed by atoms with van der Waals surface area (Å²) >= 11 is 0. The summed E-state index contributed by atoms with van der Waals surface area (Å²) in [6, 6.07) is 10.6. The second-order valence-corrected chi connectivity index (χ2v) is 2.34. The molecule has 0 unspecified atom stereocenters. The molecule has 0 saturated heterocycles. The number of nitrogens with zero attached hydrogens (tertiary/aromatic N) is 1. The van der Waals surface area contributed by atoms with Crippen LogP contribution < -0.4 is 18.9 Å².